The second kappa shape index (κ2) is 4.85. The van der Waals surface area contributed by atoms with E-state index in [0.717, 1.165) is 10.2 Å². The number of hydrogen-bond acceptors (Lipinski definition) is 5. The highest BCUT2D eigenvalue weighted by molar-refractivity contribution is 7.16. The van der Waals surface area contributed by atoms with Gasteiger partial charge in [-0.05, 0) is 41.2 Å². The lowest BCUT2D eigenvalue weighted by Gasteiger charge is -2.09. The molecular weight excluding hydrogens is 305 g/mol. The standard InChI is InChI=1S/C12H7Cl2N3OS/c13-6-1-2-9(18)8(5-6)15-10-7-3-4-19-11(7)17-12(14)16-10/h1-5,18H,(H,15,16,17). The summed E-state index contributed by atoms with van der Waals surface area (Å²) in [7, 11) is 0. The normalized spacial score (nSPS) is 10.8. The molecule has 2 N–H and O–H groups in total. The number of aromatic nitrogens is 2. The predicted molar refractivity (Wildman–Crippen MR) is 78.8 cm³/mol. The van der Waals surface area contributed by atoms with Gasteiger partial charge < -0.3 is 10.4 Å². The lowest BCUT2D eigenvalue weighted by Crippen LogP contribution is -1.96. The lowest BCUT2D eigenvalue weighted by molar-refractivity contribution is 0.478. The zero-order valence-corrected chi connectivity index (χ0v) is 11.7. The Morgan fingerprint density at radius 3 is 2.84 bits per heavy atom. The number of thiophene rings is 1. The van der Waals surface area contributed by atoms with Crippen LogP contribution in [0.25, 0.3) is 10.2 Å². The summed E-state index contributed by atoms with van der Waals surface area (Å²) in [5.41, 5.74) is 0.467. The monoisotopic (exact) mass is 311 g/mol. The summed E-state index contributed by atoms with van der Waals surface area (Å²) < 4.78 is 0. The molecule has 0 aliphatic heterocycles. The number of halogens is 2. The first-order valence-electron chi connectivity index (χ1n) is 5.30. The van der Waals surface area contributed by atoms with E-state index in [2.05, 4.69) is 15.3 Å². The molecule has 0 saturated carbocycles. The van der Waals surface area contributed by atoms with Crippen molar-refractivity contribution in [2.75, 3.05) is 5.32 Å². The first-order valence-corrected chi connectivity index (χ1v) is 6.93. The van der Waals surface area contributed by atoms with E-state index in [-0.39, 0.29) is 11.0 Å². The highest BCUT2D eigenvalue weighted by Crippen LogP contribution is 2.33. The third-order valence-corrected chi connectivity index (χ3v) is 3.72. The van der Waals surface area contributed by atoms with Crippen molar-refractivity contribution in [1.82, 2.24) is 9.97 Å². The molecule has 19 heavy (non-hydrogen) atoms. The predicted octanol–water partition coefficient (Wildman–Crippen LogP) is 4.45. The van der Waals surface area contributed by atoms with Gasteiger partial charge in [-0.1, -0.05) is 11.6 Å². The van der Waals surface area contributed by atoms with Gasteiger partial charge in [0.1, 0.15) is 16.4 Å². The zero-order valence-electron chi connectivity index (χ0n) is 9.39. The van der Waals surface area contributed by atoms with Crippen LogP contribution in [0.5, 0.6) is 5.75 Å². The van der Waals surface area contributed by atoms with Crippen LogP contribution in [-0.2, 0) is 0 Å². The number of nitrogens with one attached hydrogen (secondary N) is 1. The van der Waals surface area contributed by atoms with Gasteiger partial charge in [0.25, 0.3) is 0 Å². The minimum absolute atomic E-state index is 0.0857. The van der Waals surface area contributed by atoms with Gasteiger partial charge in [0, 0.05) is 5.02 Å². The Kier molecular flexibility index (Phi) is 3.18. The van der Waals surface area contributed by atoms with Crippen LogP contribution in [0.2, 0.25) is 10.3 Å². The summed E-state index contributed by atoms with van der Waals surface area (Å²) in [5, 5.41) is 16.2. The molecule has 7 heteroatoms. The molecule has 0 atom stereocenters. The highest BCUT2D eigenvalue weighted by Gasteiger charge is 2.10. The maximum absolute atomic E-state index is 9.79. The third-order valence-electron chi connectivity index (χ3n) is 2.51. The topological polar surface area (TPSA) is 58.0 Å². The number of phenols is 1. The van der Waals surface area contributed by atoms with E-state index in [1.807, 2.05) is 11.4 Å². The maximum atomic E-state index is 9.79. The molecule has 4 nitrogen and oxygen atoms in total. The van der Waals surface area contributed by atoms with Crippen LogP contribution >= 0.6 is 34.5 Å². The SMILES string of the molecule is Oc1ccc(Cl)cc1Nc1nc(Cl)nc2sccc12. The second-order valence-corrected chi connectivity index (χ2v) is 5.44. The lowest BCUT2D eigenvalue weighted by atomic mass is 10.3. The Balaban J connectivity index is 2.10. The minimum atomic E-state index is 0.0857. The molecule has 0 aliphatic rings. The highest BCUT2D eigenvalue weighted by atomic mass is 35.5. The first-order chi connectivity index (χ1) is 9.13. The molecule has 2 aromatic heterocycles. The van der Waals surface area contributed by atoms with E-state index < -0.39 is 0 Å². The molecule has 96 valence electrons. The van der Waals surface area contributed by atoms with Gasteiger partial charge in [-0.2, -0.15) is 4.98 Å². The molecule has 3 aromatic rings. The summed E-state index contributed by atoms with van der Waals surface area (Å²) in [6.45, 7) is 0. The Hall–Kier alpha value is -1.56. The third kappa shape index (κ3) is 2.45. The fraction of sp³-hybridized carbons (Fsp3) is 0. The van der Waals surface area contributed by atoms with Crippen LogP contribution in [-0.4, -0.2) is 15.1 Å². The van der Waals surface area contributed by atoms with E-state index in [1.54, 1.807) is 12.1 Å². The maximum Gasteiger partial charge on any atom is 0.225 e. The number of benzene rings is 1. The number of aromatic hydroxyl groups is 1. The molecule has 0 aliphatic carbocycles. The Bertz CT molecular complexity index is 760. The van der Waals surface area contributed by atoms with E-state index >= 15 is 0 Å². The summed E-state index contributed by atoms with van der Waals surface area (Å²) in [5.74, 6) is 0.622. The quantitative estimate of drug-likeness (QED) is 0.542. The minimum Gasteiger partial charge on any atom is -0.506 e. The van der Waals surface area contributed by atoms with Crippen molar-refractivity contribution in [3.05, 3.63) is 40.0 Å². The van der Waals surface area contributed by atoms with E-state index in [9.17, 15) is 5.11 Å². The first kappa shape index (κ1) is 12.5. The van der Waals surface area contributed by atoms with Gasteiger partial charge in [-0.15, -0.1) is 11.3 Å². The van der Waals surface area contributed by atoms with Gasteiger partial charge in [-0.25, -0.2) is 4.98 Å². The van der Waals surface area contributed by atoms with Gasteiger partial charge in [-0.3, -0.25) is 0 Å². The Morgan fingerprint density at radius 2 is 2.00 bits per heavy atom. The Labute approximate surface area is 122 Å². The Morgan fingerprint density at radius 1 is 1.16 bits per heavy atom. The molecule has 0 radical (unpaired) electrons. The number of phenolic OH excluding ortho intramolecular Hbond substituents is 1. The van der Waals surface area contributed by atoms with Crippen LogP contribution < -0.4 is 5.32 Å². The van der Waals surface area contributed by atoms with Crippen LogP contribution in [0.3, 0.4) is 0 Å². The average Bonchev–Trinajstić information content (AvgIpc) is 2.82. The number of fused-ring (bicyclic) bond motifs is 1. The fourth-order valence-electron chi connectivity index (χ4n) is 1.66. The zero-order chi connectivity index (χ0) is 13.4. The molecular formula is C12H7Cl2N3OS. The van der Waals surface area contributed by atoms with E-state index in [4.69, 9.17) is 23.2 Å². The van der Waals surface area contributed by atoms with Crippen LogP contribution in [0.1, 0.15) is 0 Å². The van der Waals surface area contributed by atoms with Gasteiger partial charge in [0.15, 0.2) is 0 Å². The van der Waals surface area contributed by atoms with Crippen molar-refractivity contribution >= 4 is 56.3 Å². The van der Waals surface area contributed by atoms with Crippen LogP contribution in [0.15, 0.2) is 29.6 Å². The average molecular weight is 312 g/mol. The second-order valence-electron chi connectivity index (χ2n) is 3.77. The van der Waals surface area contributed by atoms with Crippen LogP contribution in [0, 0.1) is 0 Å². The van der Waals surface area contributed by atoms with E-state index in [1.165, 1.54) is 17.4 Å². The summed E-state index contributed by atoms with van der Waals surface area (Å²) in [6, 6.07) is 6.62. The van der Waals surface area contributed by atoms with Gasteiger partial charge in [0.05, 0.1) is 11.1 Å². The number of hydrogen-bond donors (Lipinski definition) is 2. The summed E-state index contributed by atoms with van der Waals surface area (Å²) >= 11 is 13.2. The van der Waals surface area contributed by atoms with Crippen molar-refractivity contribution in [2.45, 2.75) is 0 Å². The number of anilines is 2. The van der Waals surface area contributed by atoms with Gasteiger partial charge in [0.2, 0.25) is 5.28 Å². The van der Waals surface area contributed by atoms with Crippen molar-refractivity contribution < 1.29 is 5.11 Å². The number of rotatable bonds is 2. The molecule has 3 rings (SSSR count). The van der Waals surface area contributed by atoms with Crippen LogP contribution in [0.4, 0.5) is 11.5 Å². The molecule has 2 heterocycles. The molecule has 0 saturated heterocycles. The molecule has 0 amide bonds. The summed E-state index contributed by atoms with van der Waals surface area (Å²) in [6.07, 6.45) is 0. The largest absolute Gasteiger partial charge is 0.506 e. The van der Waals surface area contributed by atoms with Crippen molar-refractivity contribution in [3.63, 3.8) is 0 Å². The van der Waals surface area contributed by atoms with Crippen molar-refractivity contribution in [2.24, 2.45) is 0 Å². The summed E-state index contributed by atoms with van der Waals surface area (Å²) in [4.78, 5) is 9.04. The molecule has 0 bridgehead atoms. The van der Waals surface area contributed by atoms with Crippen molar-refractivity contribution in [1.29, 1.82) is 0 Å². The fourth-order valence-corrected chi connectivity index (χ4v) is 2.82. The number of nitrogens with zero attached hydrogens (tertiary/aromatic N) is 2. The molecule has 0 spiro atoms. The molecule has 0 unspecified atom stereocenters. The molecule has 1 aromatic carbocycles. The molecule has 0 fully saturated rings. The van der Waals surface area contributed by atoms with E-state index in [0.29, 0.717) is 16.5 Å². The van der Waals surface area contributed by atoms with Crippen molar-refractivity contribution in [3.8, 4) is 5.75 Å². The smallest absolute Gasteiger partial charge is 0.225 e. The van der Waals surface area contributed by atoms with Gasteiger partial charge >= 0.3 is 0 Å².